The van der Waals surface area contributed by atoms with Gasteiger partial charge in [-0.1, -0.05) is 45.1 Å². The highest BCUT2D eigenvalue weighted by Crippen LogP contribution is 2.48. The van der Waals surface area contributed by atoms with E-state index < -0.39 is 17.9 Å². The molecule has 134 valence electrons. The highest BCUT2D eigenvalue weighted by molar-refractivity contribution is 5.19. The molecule has 0 N–H and O–H groups in total. The molecule has 0 amide bonds. The first-order valence-electron chi connectivity index (χ1n) is 9.33. The standard InChI is InChI=1S/C20H28F2O2/c1-2-3-9-20(10-5-4-6-11-20)16-13-23-19(24-14-16)15-7-8-17(21)18(22)12-15/h7-8,12,16,19H,2-6,9-11,13-14H2,1H3. The second-order valence-electron chi connectivity index (χ2n) is 7.40. The first-order valence-corrected chi connectivity index (χ1v) is 9.33. The number of hydrogen-bond acceptors (Lipinski definition) is 2. The summed E-state index contributed by atoms with van der Waals surface area (Å²) in [5.41, 5.74) is 0.895. The summed E-state index contributed by atoms with van der Waals surface area (Å²) in [6.07, 6.45) is 9.59. The van der Waals surface area contributed by atoms with Crippen LogP contribution in [0.2, 0.25) is 0 Å². The predicted molar refractivity (Wildman–Crippen MR) is 89.5 cm³/mol. The van der Waals surface area contributed by atoms with Crippen LogP contribution in [-0.4, -0.2) is 13.2 Å². The van der Waals surface area contributed by atoms with E-state index in [1.165, 1.54) is 63.5 Å². The van der Waals surface area contributed by atoms with Gasteiger partial charge in [-0.25, -0.2) is 8.78 Å². The maximum absolute atomic E-state index is 13.4. The van der Waals surface area contributed by atoms with Gasteiger partial charge >= 0.3 is 0 Å². The Morgan fingerprint density at radius 3 is 2.38 bits per heavy atom. The topological polar surface area (TPSA) is 18.5 Å². The number of halogens is 2. The Bertz CT molecular complexity index is 532. The van der Waals surface area contributed by atoms with Crippen LogP contribution in [0.15, 0.2) is 18.2 Å². The molecule has 1 aliphatic heterocycles. The molecule has 2 aliphatic rings. The minimum Gasteiger partial charge on any atom is -0.348 e. The molecule has 0 aromatic heterocycles. The van der Waals surface area contributed by atoms with Gasteiger partial charge in [-0.05, 0) is 36.8 Å². The van der Waals surface area contributed by atoms with Gasteiger partial charge in [0.05, 0.1) is 13.2 Å². The van der Waals surface area contributed by atoms with Crippen molar-refractivity contribution in [1.82, 2.24) is 0 Å². The number of unbranched alkanes of at least 4 members (excludes halogenated alkanes) is 1. The van der Waals surface area contributed by atoms with E-state index in [1.807, 2.05) is 0 Å². The molecule has 3 rings (SSSR count). The zero-order chi connectivity index (χ0) is 17.0. The van der Waals surface area contributed by atoms with E-state index in [9.17, 15) is 8.78 Å². The average molecular weight is 338 g/mol. The van der Waals surface area contributed by atoms with Crippen molar-refractivity contribution >= 4 is 0 Å². The normalized spacial score (nSPS) is 27.1. The van der Waals surface area contributed by atoms with Crippen LogP contribution in [0.4, 0.5) is 8.78 Å². The van der Waals surface area contributed by atoms with Crippen LogP contribution in [0.5, 0.6) is 0 Å². The molecule has 24 heavy (non-hydrogen) atoms. The van der Waals surface area contributed by atoms with E-state index in [4.69, 9.17) is 9.47 Å². The molecule has 1 saturated heterocycles. The minimum atomic E-state index is -0.853. The smallest absolute Gasteiger partial charge is 0.183 e. The fraction of sp³-hybridized carbons (Fsp3) is 0.700. The molecule has 0 radical (unpaired) electrons. The van der Waals surface area contributed by atoms with Gasteiger partial charge in [0.1, 0.15) is 0 Å². The average Bonchev–Trinajstić information content (AvgIpc) is 2.63. The third-order valence-electron chi connectivity index (χ3n) is 5.86. The maximum Gasteiger partial charge on any atom is 0.183 e. The molecule has 1 aromatic carbocycles. The largest absolute Gasteiger partial charge is 0.348 e. The summed E-state index contributed by atoms with van der Waals surface area (Å²) in [5.74, 6) is -1.28. The third-order valence-corrected chi connectivity index (χ3v) is 5.86. The van der Waals surface area contributed by atoms with Crippen LogP contribution in [0, 0.1) is 23.0 Å². The van der Waals surface area contributed by atoms with Gasteiger partial charge in [-0.15, -0.1) is 0 Å². The Hall–Kier alpha value is -1.00. The van der Waals surface area contributed by atoms with E-state index in [2.05, 4.69) is 6.92 Å². The Morgan fingerprint density at radius 1 is 1.04 bits per heavy atom. The number of ether oxygens (including phenoxy) is 2. The van der Waals surface area contributed by atoms with Crippen LogP contribution < -0.4 is 0 Å². The Labute approximate surface area is 143 Å². The lowest BCUT2D eigenvalue weighted by atomic mass is 9.63. The van der Waals surface area contributed by atoms with Crippen molar-refractivity contribution in [2.75, 3.05) is 13.2 Å². The van der Waals surface area contributed by atoms with Crippen molar-refractivity contribution in [3.05, 3.63) is 35.4 Å². The molecule has 2 nitrogen and oxygen atoms in total. The highest BCUT2D eigenvalue weighted by Gasteiger charge is 2.41. The molecular weight excluding hydrogens is 310 g/mol. The lowest BCUT2D eigenvalue weighted by Gasteiger charge is -2.46. The number of benzene rings is 1. The molecule has 1 saturated carbocycles. The van der Waals surface area contributed by atoms with Gasteiger partial charge in [0.2, 0.25) is 0 Å². The summed E-state index contributed by atoms with van der Waals surface area (Å²) >= 11 is 0. The first kappa shape index (κ1) is 17.8. The molecule has 4 heteroatoms. The Kier molecular flexibility index (Phi) is 5.88. The maximum atomic E-state index is 13.4. The molecule has 1 aliphatic carbocycles. The molecule has 0 bridgehead atoms. The molecule has 0 spiro atoms. The van der Waals surface area contributed by atoms with Crippen molar-refractivity contribution < 1.29 is 18.3 Å². The summed E-state index contributed by atoms with van der Waals surface area (Å²) in [7, 11) is 0. The van der Waals surface area contributed by atoms with Crippen LogP contribution >= 0.6 is 0 Å². The van der Waals surface area contributed by atoms with E-state index in [0.29, 0.717) is 30.1 Å². The van der Waals surface area contributed by atoms with Gasteiger partial charge in [-0.3, -0.25) is 0 Å². The van der Waals surface area contributed by atoms with Crippen LogP contribution in [0.25, 0.3) is 0 Å². The van der Waals surface area contributed by atoms with E-state index in [0.717, 1.165) is 6.07 Å². The summed E-state index contributed by atoms with van der Waals surface area (Å²) < 4.78 is 38.3. The van der Waals surface area contributed by atoms with Crippen LogP contribution in [0.3, 0.4) is 0 Å². The Balaban J connectivity index is 1.65. The molecule has 1 aromatic rings. The second kappa shape index (κ2) is 7.92. The van der Waals surface area contributed by atoms with Crippen LogP contribution in [-0.2, 0) is 9.47 Å². The third kappa shape index (κ3) is 3.80. The van der Waals surface area contributed by atoms with E-state index in [1.54, 1.807) is 0 Å². The SMILES string of the molecule is CCCCC1(C2COC(c3ccc(F)c(F)c3)OC2)CCCCC1. The van der Waals surface area contributed by atoms with Gasteiger partial charge < -0.3 is 9.47 Å². The van der Waals surface area contributed by atoms with Gasteiger partial charge in [0.15, 0.2) is 17.9 Å². The molecular formula is C20H28F2O2. The summed E-state index contributed by atoms with van der Waals surface area (Å²) in [6.45, 7) is 3.53. The van der Waals surface area contributed by atoms with Gasteiger partial charge in [0, 0.05) is 11.5 Å². The zero-order valence-electron chi connectivity index (χ0n) is 14.5. The fourth-order valence-electron chi connectivity index (χ4n) is 4.36. The minimum absolute atomic E-state index is 0.341. The highest BCUT2D eigenvalue weighted by atomic mass is 19.2. The van der Waals surface area contributed by atoms with Crippen molar-refractivity contribution in [2.45, 2.75) is 64.6 Å². The predicted octanol–water partition coefficient (Wildman–Crippen LogP) is 5.77. The van der Waals surface area contributed by atoms with Crippen molar-refractivity contribution in [2.24, 2.45) is 11.3 Å². The first-order chi connectivity index (χ1) is 11.6. The quantitative estimate of drug-likeness (QED) is 0.679. The van der Waals surface area contributed by atoms with Gasteiger partial charge in [0.25, 0.3) is 0 Å². The van der Waals surface area contributed by atoms with E-state index >= 15 is 0 Å². The fourth-order valence-corrected chi connectivity index (χ4v) is 4.36. The van der Waals surface area contributed by atoms with E-state index in [-0.39, 0.29) is 0 Å². The Morgan fingerprint density at radius 2 is 1.75 bits per heavy atom. The molecule has 1 heterocycles. The lowest BCUT2D eigenvalue weighted by molar-refractivity contribution is -0.227. The molecule has 2 fully saturated rings. The van der Waals surface area contributed by atoms with Gasteiger partial charge in [-0.2, -0.15) is 0 Å². The van der Waals surface area contributed by atoms with Crippen molar-refractivity contribution in [3.8, 4) is 0 Å². The molecule has 0 unspecified atom stereocenters. The lowest BCUT2D eigenvalue weighted by Crippen LogP contribution is -2.42. The second-order valence-corrected chi connectivity index (χ2v) is 7.40. The number of hydrogen-bond donors (Lipinski definition) is 0. The van der Waals surface area contributed by atoms with Crippen molar-refractivity contribution in [3.63, 3.8) is 0 Å². The zero-order valence-corrected chi connectivity index (χ0v) is 14.5. The van der Waals surface area contributed by atoms with Crippen LogP contribution in [0.1, 0.15) is 70.1 Å². The summed E-state index contributed by atoms with van der Waals surface area (Å²) in [6, 6.07) is 3.85. The monoisotopic (exact) mass is 338 g/mol. The van der Waals surface area contributed by atoms with Crippen molar-refractivity contribution in [1.29, 1.82) is 0 Å². The summed E-state index contributed by atoms with van der Waals surface area (Å²) in [4.78, 5) is 0. The number of rotatable bonds is 5. The summed E-state index contributed by atoms with van der Waals surface area (Å²) in [5, 5.41) is 0. The molecule has 0 atom stereocenters.